The van der Waals surface area contributed by atoms with Gasteiger partial charge in [-0.05, 0) is 61.3 Å². The number of rotatable bonds is 6. The number of methoxy groups -OCH3 is 1. The molecule has 2 fully saturated rings. The van der Waals surface area contributed by atoms with Crippen molar-refractivity contribution in [3.63, 3.8) is 0 Å². The van der Waals surface area contributed by atoms with E-state index in [2.05, 4.69) is 11.4 Å². The molecule has 3 rings (SSSR count). The summed E-state index contributed by atoms with van der Waals surface area (Å²) >= 11 is 6.20. The highest BCUT2D eigenvalue weighted by molar-refractivity contribution is 6.30. The van der Waals surface area contributed by atoms with Crippen molar-refractivity contribution in [2.75, 3.05) is 13.7 Å². The summed E-state index contributed by atoms with van der Waals surface area (Å²) in [6, 6.07) is 6.79. The maximum Gasteiger partial charge on any atom is 0.122 e. The average Bonchev–Trinajstić information content (AvgIpc) is 3.31. The van der Waals surface area contributed by atoms with Crippen molar-refractivity contribution >= 4 is 11.6 Å². The molecule has 0 aliphatic heterocycles. The molecule has 3 heteroatoms. The Morgan fingerprint density at radius 1 is 1.24 bits per heavy atom. The van der Waals surface area contributed by atoms with Gasteiger partial charge in [0.2, 0.25) is 0 Å². The summed E-state index contributed by atoms with van der Waals surface area (Å²) in [5.74, 6) is 0.982. The van der Waals surface area contributed by atoms with E-state index in [1.165, 1.54) is 50.5 Å². The van der Waals surface area contributed by atoms with Crippen LogP contribution in [0.1, 0.15) is 50.5 Å². The molecule has 2 aliphatic rings. The van der Waals surface area contributed by atoms with Gasteiger partial charge in [-0.3, -0.25) is 0 Å². The maximum atomic E-state index is 6.20. The van der Waals surface area contributed by atoms with Crippen molar-refractivity contribution in [1.29, 1.82) is 0 Å². The number of ether oxygens (including phenoxy) is 1. The Labute approximate surface area is 133 Å². The highest BCUT2D eigenvalue weighted by atomic mass is 35.5. The van der Waals surface area contributed by atoms with E-state index in [1.54, 1.807) is 7.11 Å². The number of halogens is 1. The molecule has 2 nitrogen and oxygen atoms in total. The van der Waals surface area contributed by atoms with Gasteiger partial charge in [0.05, 0.1) is 7.11 Å². The Morgan fingerprint density at radius 3 is 2.67 bits per heavy atom. The topological polar surface area (TPSA) is 21.3 Å². The van der Waals surface area contributed by atoms with E-state index in [0.717, 1.165) is 29.8 Å². The lowest BCUT2D eigenvalue weighted by molar-refractivity contribution is 0.178. The van der Waals surface area contributed by atoms with E-state index in [-0.39, 0.29) is 0 Å². The first kappa shape index (κ1) is 15.2. The lowest BCUT2D eigenvalue weighted by atomic mass is 9.70. The molecule has 2 aliphatic carbocycles. The Bertz CT molecular complexity index is 478. The molecule has 0 amide bonds. The van der Waals surface area contributed by atoms with Crippen molar-refractivity contribution in [1.82, 2.24) is 5.32 Å². The Balaban J connectivity index is 1.77. The molecule has 1 aromatic carbocycles. The van der Waals surface area contributed by atoms with Gasteiger partial charge >= 0.3 is 0 Å². The van der Waals surface area contributed by atoms with Crippen LogP contribution in [0.3, 0.4) is 0 Å². The zero-order chi connectivity index (χ0) is 14.7. The third kappa shape index (κ3) is 3.92. The van der Waals surface area contributed by atoms with Crippen molar-refractivity contribution in [2.24, 2.45) is 5.41 Å². The molecule has 0 aromatic heterocycles. The van der Waals surface area contributed by atoms with Crippen LogP contribution in [-0.2, 0) is 6.42 Å². The van der Waals surface area contributed by atoms with Crippen LogP contribution in [0.4, 0.5) is 0 Å². The fourth-order valence-corrected chi connectivity index (χ4v) is 3.85. The van der Waals surface area contributed by atoms with E-state index in [1.807, 2.05) is 12.1 Å². The van der Waals surface area contributed by atoms with E-state index in [0.29, 0.717) is 5.41 Å². The van der Waals surface area contributed by atoms with E-state index < -0.39 is 0 Å². The fourth-order valence-electron chi connectivity index (χ4n) is 3.66. The quantitative estimate of drug-likeness (QED) is 0.829. The largest absolute Gasteiger partial charge is 0.496 e. The lowest BCUT2D eigenvalue weighted by Crippen LogP contribution is -2.39. The molecule has 0 saturated heterocycles. The standard InChI is InChI=1S/C18H26ClNO/c1-21-17-8-5-15(19)11-14(17)12-18(9-3-2-4-10-18)13-20-16-6-7-16/h5,8,11,16,20H,2-4,6-7,9-10,12-13H2,1H3. The minimum Gasteiger partial charge on any atom is -0.496 e. The van der Waals surface area contributed by atoms with Crippen LogP contribution in [0.2, 0.25) is 5.02 Å². The van der Waals surface area contributed by atoms with Gasteiger partial charge in [-0.15, -0.1) is 0 Å². The molecule has 0 spiro atoms. The minimum absolute atomic E-state index is 0.388. The minimum atomic E-state index is 0.388. The maximum absolute atomic E-state index is 6.20. The van der Waals surface area contributed by atoms with Crippen LogP contribution >= 0.6 is 11.6 Å². The average molecular weight is 308 g/mol. The predicted octanol–water partition coefficient (Wildman–Crippen LogP) is 4.59. The lowest BCUT2D eigenvalue weighted by Gasteiger charge is -2.38. The van der Waals surface area contributed by atoms with Crippen LogP contribution in [-0.4, -0.2) is 19.7 Å². The summed E-state index contributed by atoms with van der Waals surface area (Å²) in [6.45, 7) is 1.15. The molecule has 0 unspecified atom stereocenters. The Morgan fingerprint density at radius 2 is 2.00 bits per heavy atom. The van der Waals surface area contributed by atoms with Crippen LogP contribution < -0.4 is 10.1 Å². The molecule has 0 atom stereocenters. The van der Waals surface area contributed by atoms with Gasteiger partial charge in [0.25, 0.3) is 0 Å². The second kappa shape index (κ2) is 6.58. The van der Waals surface area contributed by atoms with Gasteiger partial charge in [0.1, 0.15) is 5.75 Å². The van der Waals surface area contributed by atoms with Crippen LogP contribution in [0, 0.1) is 5.41 Å². The summed E-state index contributed by atoms with van der Waals surface area (Å²) in [5.41, 5.74) is 1.66. The van der Waals surface area contributed by atoms with E-state index >= 15 is 0 Å². The van der Waals surface area contributed by atoms with Gasteiger partial charge in [-0.2, -0.15) is 0 Å². The van der Waals surface area contributed by atoms with Gasteiger partial charge in [-0.25, -0.2) is 0 Å². The normalized spacial score (nSPS) is 21.2. The van der Waals surface area contributed by atoms with Crippen LogP contribution in [0.5, 0.6) is 5.75 Å². The fraction of sp³-hybridized carbons (Fsp3) is 0.667. The first-order valence-electron chi connectivity index (χ1n) is 8.27. The second-order valence-electron chi connectivity index (χ2n) is 6.85. The number of benzene rings is 1. The monoisotopic (exact) mass is 307 g/mol. The second-order valence-corrected chi connectivity index (χ2v) is 7.29. The molecule has 2 saturated carbocycles. The molecule has 0 radical (unpaired) electrons. The summed E-state index contributed by atoms with van der Waals surface area (Å²) in [7, 11) is 1.75. The van der Waals surface area contributed by atoms with E-state index in [9.17, 15) is 0 Å². The third-order valence-corrected chi connectivity index (χ3v) is 5.30. The first-order valence-corrected chi connectivity index (χ1v) is 8.64. The van der Waals surface area contributed by atoms with Gasteiger partial charge in [-0.1, -0.05) is 30.9 Å². The van der Waals surface area contributed by atoms with Crippen molar-refractivity contribution in [2.45, 2.75) is 57.4 Å². The molecule has 1 N–H and O–H groups in total. The highest BCUT2D eigenvalue weighted by Crippen LogP contribution is 2.41. The number of hydrogen-bond donors (Lipinski definition) is 1. The first-order chi connectivity index (χ1) is 10.2. The SMILES string of the molecule is COc1ccc(Cl)cc1CC1(CNC2CC2)CCCCC1. The van der Waals surface area contributed by atoms with Crippen molar-refractivity contribution in [3.05, 3.63) is 28.8 Å². The third-order valence-electron chi connectivity index (χ3n) is 5.07. The molecule has 116 valence electrons. The zero-order valence-corrected chi connectivity index (χ0v) is 13.7. The predicted molar refractivity (Wildman–Crippen MR) is 88.3 cm³/mol. The molecule has 0 bridgehead atoms. The number of nitrogens with one attached hydrogen (secondary N) is 1. The van der Waals surface area contributed by atoms with Crippen LogP contribution in [0.25, 0.3) is 0 Å². The van der Waals surface area contributed by atoms with Crippen molar-refractivity contribution < 1.29 is 4.74 Å². The van der Waals surface area contributed by atoms with Gasteiger partial charge < -0.3 is 10.1 Å². The molecule has 21 heavy (non-hydrogen) atoms. The van der Waals surface area contributed by atoms with Crippen LogP contribution in [0.15, 0.2) is 18.2 Å². The summed E-state index contributed by atoms with van der Waals surface area (Å²) < 4.78 is 5.55. The van der Waals surface area contributed by atoms with Crippen molar-refractivity contribution in [3.8, 4) is 5.75 Å². The van der Waals surface area contributed by atoms with Gasteiger partial charge in [0, 0.05) is 17.6 Å². The summed E-state index contributed by atoms with van der Waals surface area (Å²) in [6.07, 6.45) is 10.5. The zero-order valence-electron chi connectivity index (χ0n) is 13.0. The van der Waals surface area contributed by atoms with Gasteiger partial charge in [0.15, 0.2) is 0 Å². The summed E-state index contributed by atoms with van der Waals surface area (Å²) in [4.78, 5) is 0. The van der Waals surface area contributed by atoms with E-state index in [4.69, 9.17) is 16.3 Å². The molecule has 1 aromatic rings. The summed E-state index contributed by atoms with van der Waals surface area (Å²) in [5, 5.41) is 4.58. The molecular formula is C18H26ClNO. The number of hydrogen-bond acceptors (Lipinski definition) is 2. The molecule has 0 heterocycles. The smallest absolute Gasteiger partial charge is 0.122 e. The Hall–Kier alpha value is -0.730. The molecular weight excluding hydrogens is 282 g/mol. The highest BCUT2D eigenvalue weighted by Gasteiger charge is 2.34. The Kier molecular flexibility index (Phi) is 4.75.